The Labute approximate surface area is 239 Å². The number of hydrogen-bond acceptors (Lipinski definition) is 6. The molecule has 0 bridgehead atoms. The van der Waals surface area contributed by atoms with Crippen molar-refractivity contribution in [1.29, 1.82) is 0 Å². The van der Waals surface area contributed by atoms with E-state index in [9.17, 15) is 5.11 Å². The second-order valence-electron chi connectivity index (χ2n) is 11.4. The predicted octanol–water partition coefficient (Wildman–Crippen LogP) is 6.38. The standard InChI is InChI=1S/C34H44N2O4/c1-35(2)31-8-4-5-9-32(31)40-33-17-10-25(23-34(33)38-3)22-27-11-14-28(37)24-30(27)26-12-15-29(16-13-26)39-21-20-36-18-6-7-19-36/h10-17,23-24,31-32,37H,4-9,18-22H2,1-3H3. The molecule has 0 radical (unpaired) electrons. The van der Waals surface area contributed by atoms with E-state index < -0.39 is 0 Å². The summed E-state index contributed by atoms with van der Waals surface area (Å²) in [7, 11) is 5.98. The van der Waals surface area contributed by atoms with Crippen molar-refractivity contribution in [2.75, 3.05) is 47.4 Å². The van der Waals surface area contributed by atoms with Crippen molar-refractivity contribution in [3.63, 3.8) is 0 Å². The lowest BCUT2D eigenvalue weighted by atomic mass is 9.91. The van der Waals surface area contributed by atoms with Crippen LogP contribution in [0.2, 0.25) is 0 Å². The number of methoxy groups -OCH3 is 1. The van der Waals surface area contributed by atoms with E-state index in [1.165, 1.54) is 38.8 Å². The summed E-state index contributed by atoms with van der Waals surface area (Å²) in [5.41, 5.74) is 4.33. The summed E-state index contributed by atoms with van der Waals surface area (Å²) in [6, 6.07) is 20.5. The van der Waals surface area contributed by atoms with Gasteiger partial charge in [-0.2, -0.15) is 0 Å². The number of likely N-dealkylation sites (N-methyl/N-ethyl adjacent to an activating group) is 1. The van der Waals surface area contributed by atoms with Crippen molar-refractivity contribution in [1.82, 2.24) is 9.80 Å². The molecule has 3 aromatic carbocycles. The quantitative estimate of drug-likeness (QED) is 0.302. The molecule has 6 heteroatoms. The third-order valence-electron chi connectivity index (χ3n) is 8.37. The Morgan fingerprint density at radius 3 is 2.40 bits per heavy atom. The van der Waals surface area contributed by atoms with Gasteiger partial charge in [0.1, 0.15) is 24.2 Å². The van der Waals surface area contributed by atoms with Gasteiger partial charge in [-0.1, -0.05) is 30.7 Å². The van der Waals surface area contributed by atoms with Gasteiger partial charge in [-0.3, -0.25) is 4.90 Å². The zero-order valence-electron chi connectivity index (χ0n) is 24.3. The largest absolute Gasteiger partial charge is 0.508 e. The Bertz CT molecular complexity index is 1240. The van der Waals surface area contributed by atoms with Gasteiger partial charge in [-0.15, -0.1) is 0 Å². The highest BCUT2D eigenvalue weighted by Gasteiger charge is 2.29. The number of phenols is 1. The van der Waals surface area contributed by atoms with E-state index >= 15 is 0 Å². The molecular formula is C34H44N2O4. The number of hydrogen-bond donors (Lipinski definition) is 1. The summed E-state index contributed by atoms with van der Waals surface area (Å²) in [6.07, 6.45) is 8.14. The molecular weight excluding hydrogens is 500 g/mol. The molecule has 6 nitrogen and oxygen atoms in total. The van der Waals surface area contributed by atoms with Crippen molar-refractivity contribution in [3.8, 4) is 34.1 Å². The van der Waals surface area contributed by atoms with Crippen molar-refractivity contribution in [3.05, 3.63) is 71.8 Å². The van der Waals surface area contributed by atoms with E-state index in [0.717, 1.165) is 58.9 Å². The maximum absolute atomic E-state index is 10.3. The molecule has 1 heterocycles. The van der Waals surface area contributed by atoms with Crippen molar-refractivity contribution in [2.45, 2.75) is 57.1 Å². The van der Waals surface area contributed by atoms with Crippen LogP contribution in [0.4, 0.5) is 0 Å². The van der Waals surface area contributed by atoms with Crippen LogP contribution in [0.1, 0.15) is 49.7 Å². The molecule has 1 aliphatic heterocycles. The van der Waals surface area contributed by atoms with Crippen LogP contribution in [0.5, 0.6) is 23.0 Å². The monoisotopic (exact) mass is 544 g/mol. The third kappa shape index (κ3) is 7.10. The smallest absolute Gasteiger partial charge is 0.161 e. The van der Waals surface area contributed by atoms with Crippen LogP contribution in [0.25, 0.3) is 11.1 Å². The molecule has 2 fully saturated rings. The number of nitrogens with zero attached hydrogens (tertiary/aromatic N) is 2. The molecule has 2 unspecified atom stereocenters. The molecule has 214 valence electrons. The van der Waals surface area contributed by atoms with Gasteiger partial charge < -0.3 is 24.2 Å². The van der Waals surface area contributed by atoms with Gasteiger partial charge in [0, 0.05) is 12.6 Å². The molecule has 40 heavy (non-hydrogen) atoms. The molecule has 2 atom stereocenters. The molecule has 2 aliphatic rings. The molecule has 0 amide bonds. The van der Waals surface area contributed by atoms with E-state index in [0.29, 0.717) is 19.1 Å². The number of rotatable bonds is 11. The average molecular weight is 545 g/mol. The van der Waals surface area contributed by atoms with Gasteiger partial charge in [0.15, 0.2) is 11.5 Å². The van der Waals surface area contributed by atoms with Crippen molar-refractivity contribution < 1.29 is 19.3 Å². The summed E-state index contributed by atoms with van der Waals surface area (Å²) < 4.78 is 18.3. The fraction of sp³-hybridized carbons (Fsp3) is 0.471. The maximum atomic E-state index is 10.3. The number of aromatic hydroxyl groups is 1. The first kappa shape index (κ1) is 28.3. The van der Waals surface area contributed by atoms with E-state index in [1.54, 1.807) is 13.2 Å². The molecule has 1 saturated carbocycles. The van der Waals surface area contributed by atoms with Gasteiger partial charge in [-0.25, -0.2) is 0 Å². The molecule has 3 aromatic rings. The minimum atomic E-state index is 0.166. The second-order valence-corrected chi connectivity index (χ2v) is 11.4. The first-order valence-corrected chi connectivity index (χ1v) is 14.8. The van der Waals surface area contributed by atoms with Gasteiger partial charge in [-0.05, 0) is 124 Å². The highest BCUT2D eigenvalue weighted by Crippen LogP contribution is 2.35. The van der Waals surface area contributed by atoms with Crippen LogP contribution in [-0.4, -0.2) is 74.5 Å². The fourth-order valence-corrected chi connectivity index (χ4v) is 6.12. The molecule has 5 rings (SSSR count). The average Bonchev–Trinajstić information content (AvgIpc) is 3.49. The van der Waals surface area contributed by atoms with Crippen LogP contribution < -0.4 is 14.2 Å². The zero-order valence-corrected chi connectivity index (χ0v) is 24.3. The van der Waals surface area contributed by atoms with Gasteiger partial charge in [0.25, 0.3) is 0 Å². The van der Waals surface area contributed by atoms with Gasteiger partial charge >= 0.3 is 0 Å². The Morgan fingerprint density at radius 2 is 1.65 bits per heavy atom. The predicted molar refractivity (Wildman–Crippen MR) is 161 cm³/mol. The van der Waals surface area contributed by atoms with Crippen LogP contribution in [0.15, 0.2) is 60.7 Å². The zero-order chi connectivity index (χ0) is 27.9. The Hall–Kier alpha value is -3.22. The lowest BCUT2D eigenvalue weighted by Gasteiger charge is -2.36. The summed E-state index contributed by atoms with van der Waals surface area (Å²) in [6.45, 7) is 4.04. The molecule has 1 saturated heterocycles. The number of ether oxygens (including phenoxy) is 3. The Balaban J connectivity index is 1.28. The van der Waals surface area contributed by atoms with Crippen LogP contribution in [0, 0.1) is 0 Å². The SMILES string of the molecule is COc1cc(Cc2ccc(O)cc2-c2ccc(OCCN3CCCC3)cc2)ccc1OC1CCCCC1N(C)C. The Kier molecular flexibility index (Phi) is 9.50. The lowest BCUT2D eigenvalue weighted by Crippen LogP contribution is -2.44. The van der Waals surface area contributed by atoms with Crippen LogP contribution in [-0.2, 0) is 6.42 Å². The minimum Gasteiger partial charge on any atom is -0.508 e. The third-order valence-corrected chi connectivity index (χ3v) is 8.37. The summed E-state index contributed by atoms with van der Waals surface area (Å²) in [5, 5.41) is 10.3. The van der Waals surface area contributed by atoms with Crippen molar-refractivity contribution >= 4 is 0 Å². The number of likely N-dealkylation sites (tertiary alicyclic amines) is 1. The van der Waals surface area contributed by atoms with E-state index in [-0.39, 0.29) is 11.9 Å². The molecule has 1 N–H and O–H groups in total. The van der Waals surface area contributed by atoms with E-state index in [4.69, 9.17) is 14.2 Å². The maximum Gasteiger partial charge on any atom is 0.161 e. The molecule has 1 aliphatic carbocycles. The fourth-order valence-electron chi connectivity index (χ4n) is 6.12. The van der Waals surface area contributed by atoms with E-state index in [2.05, 4.69) is 48.2 Å². The minimum absolute atomic E-state index is 0.166. The van der Waals surface area contributed by atoms with Crippen molar-refractivity contribution in [2.24, 2.45) is 0 Å². The summed E-state index contributed by atoms with van der Waals surface area (Å²) in [5.74, 6) is 2.70. The van der Waals surface area contributed by atoms with Gasteiger partial charge in [0.2, 0.25) is 0 Å². The molecule has 0 aromatic heterocycles. The lowest BCUT2D eigenvalue weighted by molar-refractivity contribution is 0.0601. The summed E-state index contributed by atoms with van der Waals surface area (Å²) in [4.78, 5) is 4.74. The molecule has 0 spiro atoms. The van der Waals surface area contributed by atoms with Gasteiger partial charge in [0.05, 0.1) is 7.11 Å². The second kappa shape index (κ2) is 13.4. The van der Waals surface area contributed by atoms with Crippen LogP contribution >= 0.6 is 0 Å². The highest BCUT2D eigenvalue weighted by molar-refractivity contribution is 5.70. The summed E-state index contributed by atoms with van der Waals surface area (Å²) >= 11 is 0. The first-order chi connectivity index (χ1) is 19.5. The number of phenolic OH excluding ortho intramolecular Hbond substituents is 1. The Morgan fingerprint density at radius 1 is 0.875 bits per heavy atom. The first-order valence-electron chi connectivity index (χ1n) is 14.8. The topological polar surface area (TPSA) is 54.4 Å². The highest BCUT2D eigenvalue weighted by atomic mass is 16.5. The van der Waals surface area contributed by atoms with Crippen LogP contribution in [0.3, 0.4) is 0 Å². The van der Waals surface area contributed by atoms with E-state index in [1.807, 2.05) is 30.3 Å². The number of benzene rings is 3. The normalized spacial score (nSPS) is 19.6.